The van der Waals surface area contributed by atoms with Crippen LogP contribution in [0.3, 0.4) is 0 Å². The molecule has 4 heteroatoms. The van der Waals surface area contributed by atoms with Crippen LogP contribution in [0.25, 0.3) is 11.3 Å². The van der Waals surface area contributed by atoms with Crippen molar-refractivity contribution in [3.05, 3.63) is 52.3 Å². The van der Waals surface area contributed by atoms with Crippen molar-refractivity contribution in [2.24, 2.45) is 0 Å². The fourth-order valence-electron chi connectivity index (χ4n) is 2.10. The molecule has 0 amide bonds. The van der Waals surface area contributed by atoms with Crippen LogP contribution in [0.4, 0.5) is 0 Å². The predicted octanol–water partition coefficient (Wildman–Crippen LogP) is 3.33. The molecule has 1 aromatic carbocycles. The van der Waals surface area contributed by atoms with Gasteiger partial charge >= 0.3 is 0 Å². The number of hydrogen-bond acceptors (Lipinski definition) is 3. The van der Waals surface area contributed by atoms with Crippen LogP contribution in [0, 0.1) is 0 Å². The maximum absolute atomic E-state index is 12.2. The average Bonchev–Trinajstić information content (AvgIpc) is 2.52. The van der Waals surface area contributed by atoms with E-state index in [1.54, 1.807) is 0 Å². The molecule has 1 heterocycles. The number of H-pyrrole nitrogens is 1. The topological polar surface area (TPSA) is 54.1 Å². The van der Waals surface area contributed by atoms with Gasteiger partial charge in [0.2, 0.25) is 0 Å². The van der Waals surface area contributed by atoms with Gasteiger partial charge in [-0.05, 0) is 24.6 Å². The van der Waals surface area contributed by atoms with Crippen LogP contribution in [0.2, 0.25) is 0 Å². The Labute approximate surface area is 131 Å². The Kier molecular flexibility index (Phi) is 5.78. The van der Waals surface area contributed by atoms with E-state index in [1.165, 1.54) is 0 Å². The van der Waals surface area contributed by atoms with Gasteiger partial charge in [0.05, 0.1) is 6.61 Å². The molecule has 0 aliphatic heterocycles. The molecule has 2 aromatic rings. The van der Waals surface area contributed by atoms with Crippen molar-refractivity contribution in [1.82, 2.24) is 10.3 Å². The van der Waals surface area contributed by atoms with Crippen LogP contribution in [0.1, 0.15) is 32.8 Å². The highest BCUT2D eigenvalue weighted by molar-refractivity contribution is 5.61. The number of pyridine rings is 1. The first kappa shape index (κ1) is 16.3. The van der Waals surface area contributed by atoms with E-state index < -0.39 is 0 Å². The number of aromatic nitrogens is 1. The van der Waals surface area contributed by atoms with E-state index in [0.717, 1.165) is 29.0 Å². The summed E-state index contributed by atoms with van der Waals surface area (Å²) < 4.78 is 5.63. The second-order valence-electron chi connectivity index (χ2n) is 5.64. The molecule has 0 aliphatic carbocycles. The van der Waals surface area contributed by atoms with Crippen molar-refractivity contribution in [3.63, 3.8) is 0 Å². The summed E-state index contributed by atoms with van der Waals surface area (Å²) in [4.78, 5) is 15.1. The molecule has 0 saturated carbocycles. The number of nitrogens with one attached hydrogen (secondary N) is 2. The Balaban J connectivity index is 2.19. The summed E-state index contributed by atoms with van der Waals surface area (Å²) in [5, 5.41) is 3.25. The van der Waals surface area contributed by atoms with E-state index in [-0.39, 0.29) is 5.56 Å². The summed E-state index contributed by atoms with van der Waals surface area (Å²) in [6.45, 7) is 7.46. The lowest BCUT2D eigenvalue weighted by atomic mass is 10.1. The molecule has 0 spiro atoms. The van der Waals surface area contributed by atoms with Crippen molar-refractivity contribution in [1.29, 1.82) is 0 Å². The van der Waals surface area contributed by atoms with Crippen molar-refractivity contribution < 1.29 is 4.74 Å². The monoisotopic (exact) mass is 300 g/mol. The number of benzene rings is 1. The zero-order valence-corrected chi connectivity index (χ0v) is 13.5. The summed E-state index contributed by atoms with van der Waals surface area (Å²) in [7, 11) is 0. The van der Waals surface area contributed by atoms with Crippen LogP contribution < -0.4 is 15.6 Å². The molecule has 1 aromatic heterocycles. The zero-order chi connectivity index (χ0) is 15.9. The summed E-state index contributed by atoms with van der Waals surface area (Å²) in [6.07, 6.45) is 0.971. The molecule has 0 saturated heterocycles. The minimum atomic E-state index is -0.0504. The second kappa shape index (κ2) is 7.80. The Morgan fingerprint density at radius 3 is 2.73 bits per heavy atom. The summed E-state index contributed by atoms with van der Waals surface area (Å²) in [6, 6.07) is 12.0. The maximum Gasteiger partial charge on any atom is 0.252 e. The predicted molar refractivity (Wildman–Crippen MR) is 90.3 cm³/mol. The van der Waals surface area contributed by atoms with Gasteiger partial charge < -0.3 is 15.0 Å². The van der Waals surface area contributed by atoms with Crippen LogP contribution in [0.15, 0.2) is 41.2 Å². The van der Waals surface area contributed by atoms with Crippen LogP contribution in [0.5, 0.6) is 5.75 Å². The molecule has 4 nitrogen and oxygen atoms in total. The number of aromatic amines is 1. The first-order valence-electron chi connectivity index (χ1n) is 7.79. The van der Waals surface area contributed by atoms with E-state index in [0.29, 0.717) is 19.2 Å². The Hall–Kier alpha value is -2.07. The Morgan fingerprint density at radius 1 is 1.23 bits per heavy atom. The van der Waals surface area contributed by atoms with Gasteiger partial charge in [-0.1, -0.05) is 39.0 Å². The van der Waals surface area contributed by atoms with Gasteiger partial charge in [0.15, 0.2) is 0 Å². The highest BCUT2D eigenvalue weighted by Gasteiger charge is 2.05. The van der Waals surface area contributed by atoms with Crippen molar-refractivity contribution >= 4 is 0 Å². The average molecular weight is 300 g/mol. The molecular formula is C18H24N2O2. The third-order valence-corrected chi connectivity index (χ3v) is 3.31. The first-order valence-corrected chi connectivity index (χ1v) is 7.79. The van der Waals surface area contributed by atoms with E-state index in [9.17, 15) is 4.79 Å². The Bertz CT molecular complexity index is 662. The highest BCUT2D eigenvalue weighted by Crippen LogP contribution is 2.21. The standard InChI is InChI=1S/C18H24N2O2/c1-4-10-22-16-7-5-6-14(11-16)17-9-8-15(18(21)20-17)12-19-13(2)3/h5-9,11,13,19H,4,10,12H2,1-3H3,(H,20,21). The van der Waals surface area contributed by atoms with Gasteiger partial charge in [0.1, 0.15) is 5.75 Å². The molecule has 118 valence electrons. The smallest absolute Gasteiger partial charge is 0.252 e. The van der Waals surface area contributed by atoms with Gasteiger partial charge in [-0.3, -0.25) is 4.79 Å². The third-order valence-electron chi connectivity index (χ3n) is 3.31. The molecule has 0 unspecified atom stereocenters. The minimum Gasteiger partial charge on any atom is -0.494 e. The van der Waals surface area contributed by atoms with Crippen LogP contribution in [-0.2, 0) is 6.54 Å². The summed E-state index contributed by atoms with van der Waals surface area (Å²) >= 11 is 0. The van der Waals surface area contributed by atoms with Gasteiger partial charge in [-0.15, -0.1) is 0 Å². The van der Waals surface area contributed by atoms with Crippen LogP contribution >= 0.6 is 0 Å². The molecule has 0 aliphatic rings. The van der Waals surface area contributed by atoms with E-state index in [1.807, 2.05) is 36.4 Å². The molecule has 22 heavy (non-hydrogen) atoms. The van der Waals surface area contributed by atoms with Crippen LogP contribution in [-0.4, -0.2) is 17.6 Å². The normalized spacial score (nSPS) is 10.9. The lowest BCUT2D eigenvalue weighted by Crippen LogP contribution is -2.26. The lowest BCUT2D eigenvalue weighted by molar-refractivity contribution is 0.317. The third kappa shape index (κ3) is 4.46. The zero-order valence-electron chi connectivity index (χ0n) is 13.5. The van der Waals surface area contributed by atoms with Gasteiger partial charge in [-0.25, -0.2) is 0 Å². The molecule has 0 radical (unpaired) electrons. The highest BCUT2D eigenvalue weighted by atomic mass is 16.5. The van der Waals surface area contributed by atoms with Gasteiger partial charge in [0.25, 0.3) is 5.56 Å². The SMILES string of the molecule is CCCOc1cccc(-c2ccc(CNC(C)C)c(=O)[nH]2)c1. The Morgan fingerprint density at radius 2 is 2.05 bits per heavy atom. The number of rotatable bonds is 7. The number of ether oxygens (including phenoxy) is 1. The van der Waals surface area contributed by atoms with Crippen molar-refractivity contribution in [2.45, 2.75) is 39.8 Å². The largest absolute Gasteiger partial charge is 0.494 e. The molecule has 2 N–H and O–H groups in total. The van der Waals surface area contributed by atoms with Crippen molar-refractivity contribution in [2.75, 3.05) is 6.61 Å². The molecule has 0 bridgehead atoms. The van der Waals surface area contributed by atoms with Gasteiger partial charge in [-0.2, -0.15) is 0 Å². The summed E-state index contributed by atoms with van der Waals surface area (Å²) in [5.41, 5.74) is 2.45. The first-order chi connectivity index (χ1) is 10.6. The molecule has 0 atom stereocenters. The molecule has 2 rings (SSSR count). The van der Waals surface area contributed by atoms with E-state index in [2.05, 4.69) is 31.1 Å². The van der Waals surface area contributed by atoms with E-state index >= 15 is 0 Å². The number of hydrogen-bond donors (Lipinski definition) is 2. The van der Waals surface area contributed by atoms with E-state index in [4.69, 9.17) is 4.74 Å². The van der Waals surface area contributed by atoms with Crippen molar-refractivity contribution in [3.8, 4) is 17.0 Å². The summed E-state index contributed by atoms with van der Waals surface area (Å²) in [5.74, 6) is 0.825. The fraction of sp³-hybridized carbons (Fsp3) is 0.389. The van der Waals surface area contributed by atoms with Gasteiger partial charge in [0, 0.05) is 29.4 Å². The maximum atomic E-state index is 12.2. The molecule has 0 fully saturated rings. The quantitative estimate of drug-likeness (QED) is 0.824. The minimum absolute atomic E-state index is 0.0504. The molecular weight excluding hydrogens is 276 g/mol. The lowest BCUT2D eigenvalue weighted by Gasteiger charge is -2.09. The fourth-order valence-corrected chi connectivity index (χ4v) is 2.10. The second-order valence-corrected chi connectivity index (χ2v) is 5.64.